The highest BCUT2D eigenvalue weighted by molar-refractivity contribution is 5.49. The van der Waals surface area contributed by atoms with Crippen LogP contribution in [0.25, 0.3) is 6.08 Å². The second-order valence-electron chi connectivity index (χ2n) is 2.17. The highest BCUT2D eigenvalue weighted by Gasteiger charge is 1.98. The lowest BCUT2D eigenvalue weighted by atomic mass is 10.2. The molecule has 13 heavy (non-hydrogen) atoms. The van der Waals surface area contributed by atoms with Crippen molar-refractivity contribution in [2.45, 2.75) is 20.8 Å². The molecule has 1 aromatic rings. The Labute approximate surface area is 77.9 Å². The topological polar surface area (TPSA) is 0 Å². The molecule has 0 amide bonds. The van der Waals surface area contributed by atoms with Crippen LogP contribution >= 0.6 is 0 Å². The van der Waals surface area contributed by atoms with Gasteiger partial charge in [-0.3, -0.25) is 0 Å². The second kappa shape index (κ2) is 6.35. The highest BCUT2D eigenvalue weighted by atomic mass is 19.1. The monoisotopic (exact) mass is 184 g/mol. The third-order valence-corrected chi connectivity index (χ3v) is 1.30. The van der Waals surface area contributed by atoms with E-state index in [2.05, 4.69) is 0 Å². The van der Waals surface area contributed by atoms with Crippen molar-refractivity contribution < 1.29 is 8.78 Å². The molecule has 2 heteroatoms. The average Bonchev–Trinajstić information content (AvgIpc) is 2.15. The van der Waals surface area contributed by atoms with Crippen molar-refractivity contribution >= 4 is 6.08 Å². The molecule has 0 atom stereocenters. The van der Waals surface area contributed by atoms with Gasteiger partial charge in [-0.2, -0.15) is 0 Å². The van der Waals surface area contributed by atoms with Gasteiger partial charge in [-0.25, -0.2) is 8.78 Å². The maximum absolute atomic E-state index is 12.7. The molecule has 0 unspecified atom stereocenters. The van der Waals surface area contributed by atoms with E-state index in [-0.39, 0.29) is 5.56 Å². The summed E-state index contributed by atoms with van der Waals surface area (Å²) >= 11 is 0. The predicted molar refractivity (Wildman–Crippen MR) is 52.4 cm³/mol. The Morgan fingerprint density at radius 1 is 1.15 bits per heavy atom. The summed E-state index contributed by atoms with van der Waals surface area (Å²) in [5.74, 6) is -0.816. The summed E-state index contributed by atoms with van der Waals surface area (Å²) in [5.41, 5.74) is 0.285. The van der Waals surface area contributed by atoms with Crippen LogP contribution in [0.15, 0.2) is 24.3 Å². The molecular formula is C11H14F2. The fourth-order valence-corrected chi connectivity index (χ4v) is 0.822. The van der Waals surface area contributed by atoms with Gasteiger partial charge >= 0.3 is 0 Å². The molecule has 0 N–H and O–H groups in total. The molecule has 0 heterocycles. The van der Waals surface area contributed by atoms with Gasteiger partial charge in [-0.1, -0.05) is 26.0 Å². The van der Waals surface area contributed by atoms with E-state index in [1.54, 1.807) is 13.0 Å². The normalized spacial score (nSPS) is 9.62. The molecule has 0 saturated heterocycles. The fraction of sp³-hybridized carbons (Fsp3) is 0.273. The molecule has 0 bridgehead atoms. The molecule has 1 aromatic carbocycles. The minimum atomic E-state index is -0.417. The van der Waals surface area contributed by atoms with Crippen LogP contribution in [0, 0.1) is 11.6 Å². The number of halogens is 2. The lowest BCUT2D eigenvalue weighted by molar-refractivity contribution is 0.598. The number of allylic oxidation sites excluding steroid dienone is 1. The van der Waals surface area contributed by atoms with E-state index in [1.807, 2.05) is 13.8 Å². The molecule has 0 nitrogen and oxygen atoms in total. The first-order valence-electron chi connectivity index (χ1n) is 4.32. The molecule has 0 saturated carbocycles. The van der Waals surface area contributed by atoms with E-state index >= 15 is 0 Å². The molecule has 0 aliphatic carbocycles. The zero-order chi connectivity index (χ0) is 10.3. The second-order valence-corrected chi connectivity index (χ2v) is 2.17. The Balaban J connectivity index is 0.000000671. The van der Waals surface area contributed by atoms with E-state index < -0.39 is 11.6 Å². The van der Waals surface area contributed by atoms with Crippen molar-refractivity contribution in [1.82, 2.24) is 0 Å². The van der Waals surface area contributed by atoms with Crippen molar-refractivity contribution in [2.75, 3.05) is 0 Å². The summed E-state index contributed by atoms with van der Waals surface area (Å²) in [5, 5.41) is 0. The molecule has 0 spiro atoms. The molecule has 72 valence electrons. The summed E-state index contributed by atoms with van der Waals surface area (Å²) in [4.78, 5) is 0. The number of benzene rings is 1. The number of hydrogen-bond acceptors (Lipinski definition) is 0. The molecule has 0 aliphatic heterocycles. The van der Waals surface area contributed by atoms with Crippen LogP contribution in [0.2, 0.25) is 0 Å². The number of rotatable bonds is 1. The summed E-state index contributed by atoms with van der Waals surface area (Å²) in [7, 11) is 0. The lowest BCUT2D eigenvalue weighted by Gasteiger charge is -1.94. The van der Waals surface area contributed by atoms with E-state index in [9.17, 15) is 8.78 Å². The zero-order valence-electron chi connectivity index (χ0n) is 8.14. The van der Waals surface area contributed by atoms with Crippen LogP contribution in [0.5, 0.6) is 0 Å². The largest absolute Gasteiger partial charge is 0.207 e. The van der Waals surface area contributed by atoms with E-state index in [0.29, 0.717) is 0 Å². The van der Waals surface area contributed by atoms with Crippen molar-refractivity contribution in [3.8, 4) is 0 Å². The predicted octanol–water partition coefficient (Wildman–Crippen LogP) is 4.02. The Morgan fingerprint density at radius 3 is 2.31 bits per heavy atom. The first-order chi connectivity index (χ1) is 6.24. The lowest BCUT2D eigenvalue weighted by Crippen LogP contribution is -1.82. The fourth-order valence-electron chi connectivity index (χ4n) is 0.822. The van der Waals surface area contributed by atoms with Gasteiger partial charge in [0.15, 0.2) is 0 Å². The Bertz CT molecular complexity index is 277. The Kier molecular flexibility index (Phi) is 5.77. The van der Waals surface area contributed by atoms with Gasteiger partial charge < -0.3 is 0 Å². The van der Waals surface area contributed by atoms with E-state index in [1.165, 1.54) is 6.08 Å². The number of hydrogen-bond donors (Lipinski definition) is 0. The molecule has 1 rings (SSSR count). The third kappa shape index (κ3) is 3.83. The quantitative estimate of drug-likeness (QED) is 0.618. The summed E-state index contributed by atoms with van der Waals surface area (Å²) < 4.78 is 25.2. The SMILES string of the molecule is C/C=C/c1cc(F)ccc1F.CC. The van der Waals surface area contributed by atoms with Gasteiger partial charge in [-0.05, 0) is 25.1 Å². The maximum atomic E-state index is 12.7. The van der Waals surface area contributed by atoms with Crippen LogP contribution in [0.1, 0.15) is 26.3 Å². The van der Waals surface area contributed by atoms with Crippen LogP contribution < -0.4 is 0 Å². The summed E-state index contributed by atoms with van der Waals surface area (Å²) in [6, 6.07) is 3.38. The van der Waals surface area contributed by atoms with Gasteiger partial charge in [0.1, 0.15) is 11.6 Å². The van der Waals surface area contributed by atoms with Crippen molar-refractivity contribution in [1.29, 1.82) is 0 Å². The van der Waals surface area contributed by atoms with Crippen LogP contribution in [-0.4, -0.2) is 0 Å². The average molecular weight is 184 g/mol. The molecule has 0 fully saturated rings. The van der Waals surface area contributed by atoms with Gasteiger partial charge in [0, 0.05) is 5.56 Å². The van der Waals surface area contributed by atoms with Crippen LogP contribution in [-0.2, 0) is 0 Å². The molecule has 0 radical (unpaired) electrons. The first kappa shape index (κ1) is 11.8. The van der Waals surface area contributed by atoms with Gasteiger partial charge in [-0.15, -0.1) is 0 Å². The van der Waals surface area contributed by atoms with Crippen molar-refractivity contribution in [2.24, 2.45) is 0 Å². The van der Waals surface area contributed by atoms with Crippen molar-refractivity contribution in [3.05, 3.63) is 41.5 Å². The zero-order valence-corrected chi connectivity index (χ0v) is 8.14. The minimum absolute atomic E-state index is 0.285. The van der Waals surface area contributed by atoms with Gasteiger partial charge in [0.2, 0.25) is 0 Å². The Morgan fingerprint density at radius 2 is 1.77 bits per heavy atom. The molecule has 0 aromatic heterocycles. The maximum Gasteiger partial charge on any atom is 0.130 e. The summed E-state index contributed by atoms with van der Waals surface area (Å²) in [6.45, 7) is 5.75. The van der Waals surface area contributed by atoms with E-state index in [0.717, 1.165) is 18.2 Å². The van der Waals surface area contributed by atoms with Gasteiger partial charge in [0.25, 0.3) is 0 Å². The van der Waals surface area contributed by atoms with Gasteiger partial charge in [0.05, 0.1) is 0 Å². The highest BCUT2D eigenvalue weighted by Crippen LogP contribution is 2.10. The first-order valence-corrected chi connectivity index (χ1v) is 4.32. The van der Waals surface area contributed by atoms with Crippen molar-refractivity contribution in [3.63, 3.8) is 0 Å². The van der Waals surface area contributed by atoms with E-state index in [4.69, 9.17) is 0 Å². The molecule has 0 aliphatic rings. The minimum Gasteiger partial charge on any atom is -0.207 e. The molecular weight excluding hydrogens is 170 g/mol. The van der Waals surface area contributed by atoms with Crippen LogP contribution in [0.3, 0.4) is 0 Å². The summed E-state index contributed by atoms with van der Waals surface area (Å²) in [6.07, 6.45) is 3.19. The van der Waals surface area contributed by atoms with Crippen LogP contribution in [0.4, 0.5) is 8.78 Å². The standard InChI is InChI=1S/C9H8F2.C2H6/c1-2-3-7-6-8(10)4-5-9(7)11;1-2/h2-6H,1H3;1-2H3/b3-2+;. The smallest absolute Gasteiger partial charge is 0.130 e. The Hall–Kier alpha value is -1.18. The third-order valence-electron chi connectivity index (χ3n) is 1.30.